The maximum Gasteiger partial charge on any atom is 0.310 e. The lowest BCUT2D eigenvalue weighted by atomic mass is 9.70. The van der Waals surface area contributed by atoms with E-state index in [1.807, 2.05) is 0 Å². The third-order valence-electron chi connectivity index (χ3n) is 3.63. The van der Waals surface area contributed by atoms with Crippen molar-refractivity contribution in [2.75, 3.05) is 0 Å². The zero-order valence-corrected chi connectivity index (χ0v) is 9.53. The van der Waals surface area contributed by atoms with Crippen LogP contribution in [0.3, 0.4) is 0 Å². The fraction of sp³-hybridized carbons (Fsp3) is 0.692. The number of rotatable bonds is 2. The van der Waals surface area contributed by atoms with Gasteiger partial charge in [0.15, 0.2) is 6.07 Å². The Hall–Kier alpha value is -1.28. The van der Waals surface area contributed by atoms with E-state index in [0.717, 1.165) is 12.8 Å². The molecule has 0 amide bonds. The van der Waals surface area contributed by atoms with Crippen molar-refractivity contribution in [2.24, 2.45) is 17.8 Å². The van der Waals surface area contributed by atoms with Crippen LogP contribution in [-0.4, -0.2) is 6.04 Å². The normalized spacial score (nSPS) is 32.4. The van der Waals surface area contributed by atoms with E-state index < -0.39 is 6.04 Å². The topological polar surface area (TPSA) is 28.1 Å². The van der Waals surface area contributed by atoms with Crippen LogP contribution in [0.25, 0.3) is 4.85 Å². The Morgan fingerprint density at radius 2 is 2.27 bits per heavy atom. The fourth-order valence-corrected chi connectivity index (χ4v) is 2.46. The second kappa shape index (κ2) is 4.99. The highest BCUT2D eigenvalue weighted by molar-refractivity contribution is 5.08. The molecular weight excluding hydrogens is 184 g/mol. The molecule has 4 atom stereocenters. The summed E-state index contributed by atoms with van der Waals surface area (Å²) in [6.07, 6.45) is 3.26. The largest absolute Gasteiger partial charge is 0.310 e. The zero-order chi connectivity index (χ0) is 11.4. The van der Waals surface area contributed by atoms with Gasteiger partial charge in [-0.1, -0.05) is 19.1 Å². The zero-order valence-electron chi connectivity index (χ0n) is 9.53. The summed E-state index contributed by atoms with van der Waals surface area (Å²) in [5.74, 6) is 1.26. The van der Waals surface area contributed by atoms with Crippen LogP contribution < -0.4 is 0 Å². The van der Waals surface area contributed by atoms with Gasteiger partial charge in [0, 0.05) is 0 Å². The van der Waals surface area contributed by atoms with Crippen LogP contribution in [0.5, 0.6) is 0 Å². The standard InChI is InChI=1S/C13H18N2/c1-9(2)11-6-5-10(3)12(7-11)13(8-14)15-4/h10-13H,1,5-7H2,2-3H3/t10?,11-,12?,13?/m0/s1. The first-order valence-electron chi connectivity index (χ1n) is 5.51. The van der Waals surface area contributed by atoms with Crippen molar-refractivity contribution in [3.05, 3.63) is 23.6 Å². The van der Waals surface area contributed by atoms with Gasteiger partial charge in [0.05, 0.1) is 5.92 Å². The number of allylic oxidation sites excluding steroid dienone is 1. The summed E-state index contributed by atoms with van der Waals surface area (Å²) < 4.78 is 0. The van der Waals surface area contributed by atoms with Gasteiger partial charge in [-0.15, -0.1) is 0 Å². The molecule has 0 saturated heterocycles. The minimum absolute atomic E-state index is 0.239. The second-order valence-corrected chi connectivity index (χ2v) is 4.70. The predicted octanol–water partition coefficient (Wildman–Crippen LogP) is 3.43. The van der Waals surface area contributed by atoms with Crippen LogP contribution in [0.2, 0.25) is 0 Å². The molecule has 0 N–H and O–H groups in total. The van der Waals surface area contributed by atoms with E-state index in [2.05, 4.69) is 31.3 Å². The molecule has 2 nitrogen and oxygen atoms in total. The second-order valence-electron chi connectivity index (χ2n) is 4.70. The molecular formula is C13H18N2. The Labute approximate surface area is 92.4 Å². The van der Waals surface area contributed by atoms with Gasteiger partial charge in [0.25, 0.3) is 0 Å². The summed E-state index contributed by atoms with van der Waals surface area (Å²) in [6, 6.07) is 1.67. The fourth-order valence-electron chi connectivity index (χ4n) is 2.46. The first-order valence-corrected chi connectivity index (χ1v) is 5.51. The molecule has 0 aromatic rings. The molecule has 2 heteroatoms. The number of hydrogen-bond donors (Lipinski definition) is 0. The summed E-state index contributed by atoms with van der Waals surface area (Å²) >= 11 is 0. The molecule has 0 aromatic carbocycles. The van der Waals surface area contributed by atoms with Crippen LogP contribution in [-0.2, 0) is 0 Å². The van der Waals surface area contributed by atoms with Crippen LogP contribution in [0, 0.1) is 35.7 Å². The molecule has 0 aliphatic heterocycles. The van der Waals surface area contributed by atoms with Crippen LogP contribution in [0.4, 0.5) is 0 Å². The summed E-state index contributed by atoms with van der Waals surface area (Å²) in [4.78, 5) is 3.43. The lowest BCUT2D eigenvalue weighted by molar-refractivity contribution is 0.210. The summed E-state index contributed by atoms with van der Waals surface area (Å²) in [7, 11) is 0. The van der Waals surface area contributed by atoms with Crippen molar-refractivity contribution in [1.82, 2.24) is 0 Å². The first kappa shape index (κ1) is 11.8. The predicted molar refractivity (Wildman–Crippen MR) is 60.8 cm³/mol. The Morgan fingerprint density at radius 1 is 1.60 bits per heavy atom. The van der Waals surface area contributed by atoms with Gasteiger partial charge in [-0.3, -0.25) is 4.85 Å². The SMILES string of the molecule is [C-]#[N+]C(C#N)C1C[C@@H](C(=C)C)CCC1C. The highest BCUT2D eigenvalue weighted by Crippen LogP contribution is 2.39. The van der Waals surface area contributed by atoms with E-state index in [-0.39, 0.29) is 5.92 Å². The van der Waals surface area contributed by atoms with Crippen LogP contribution in [0.1, 0.15) is 33.1 Å². The minimum atomic E-state index is -0.456. The Bertz CT molecular complexity index is 304. The van der Waals surface area contributed by atoms with Crippen molar-refractivity contribution in [2.45, 2.75) is 39.2 Å². The van der Waals surface area contributed by atoms with Crippen molar-refractivity contribution in [3.8, 4) is 6.07 Å². The molecule has 0 spiro atoms. The molecule has 0 aromatic heterocycles. The lowest BCUT2D eigenvalue weighted by Crippen LogP contribution is -2.30. The quantitative estimate of drug-likeness (QED) is 0.498. The summed E-state index contributed by atoms with van der Waals surface area (Å²) in [5.41, 5.74) is 1.20. The monoisotopic (exact) mass is 202 g/mol. The minimum Gasteiger partial charge on any atom is -0.297 e. The van der Waals surface area contributed by atoms with Gasteiger partial charge in [0.2, 0.25) is 0 Å². The molecule has 3 unspecified atom stereocenters. The van der Waals surface area contributed by atoms with Gasteiger partial charge >= 0.3 is 6.04 Å². The van der Waals surface area contributed by atoms with E-state index >= 15 is 0 Å². The molecule has 1 rings (SSSR count). The molecule has 0 bridgehead atoms. The third-order valence-corrected chi connectivity index (χ3v) is 3.63. The maximum absolute atomic E-state index is 8.93. The molecule has 1 aliphatic rings. The van der Waals surface area contributed by atoms with Gasteiger partial charge in [-0.2, -0.15) is 5.26 Å². The van der Waals surface area contributed by atoms with Crippen molar-refractivity contribution >= 4 is 0 Å². The van der Waals surface area contributed by atoms with Gasteiger partial charge < -0.3 is 0 Å². The van der Waals surface area contributed by atoms with Gasteiger partial charge in [-0.05, 0) is 38.0 Å². The van der Waals surface area contributed by atoms with E-state index in [1.54, 1.807) is 0 Å². The van der Waals surface area contributed by atoms with Crippen molar-refractivity contribution in [3.63, 3.8) is 0 Å². The Morgan fingerprint density at radius 3 is 2.73 bits per heavy atom. The lowest BCUT2D eigenvalue weighted by Gasteiger charge is -2.33. The molecule has 0 heterocycles. The van der Waals surface area contributed by atoms with Gasteiger partial charge in [-0.25, -0.2) is 6.57 Å². The molecule has 15 heavy (non-hydrogen) atoms. The average molecular weight is 202 g/mol. The maximum atomic E-state index is 8.93. The van der Waals surface area contributed by atoms with Crippen molar-refractivity contribution < 1.29 is 0 Å². The molecule has 80 valence electrons. The smallest absolute Gasteiger partial charge is 0.297 e. The number of nitrogens with zero attached hydrogens (tertiary/aromatic N) is 2. The first-order chi connectivity index (χ1) is 7.10. The number of nitriles is 1. The van der Waals surface area contributed by atoms with Crippen LogP contribution >= 0.6 is 0 Å². The van der Waals surface area contributed by atoms with E-state index in [0.29, 0.717) is 11.8 Å². The van der Waals surface area contributed by atoms with Crippen molar-refractivity contribution in [1.29, 1.82) is 5.26 Å². The van der Waals surface area contributed by atoms with E-state index in [9.17, 15) is 0 Å². The Balaban J connectivity index is 2.75. The van der Waals surface area contributed by atoms with E-state index in [1.165, 1.54) is 12.0 Å². The summed E-state index contributed by atoms with van der Waals surface area (Å²) in [5, 5.41) is 8.93. The number of hydrogen-bond acceptors (Lipinski definition) is 1. The van der Waals surface area contributed by atoms with Crippen LogP contribution in [0.15, 0.2) is 12.2 Å². The summed E-state index contributed by atoms with van der Waals surface area (Å²) in [6.45, 7) is 15.2. The highest BCUT2D eigenvalue weighted by atomic mass is 14.7. The molecule has 1 saturated carbocycles. The highest BCUT2D eigenvalue weighted by Gasteiger charge is 2.37. The molecule has 0 radical (unpaired) electrons. The van der Waals surface area contributed by atoms with E-state index in [4.69, 9.17) is 11.8 Å². The van der Waals surface area contributed by atoms with Gasteiger partial charge in [0.1, 0.15) is 0 Å². The third kappa shape index (κ3) is 2.60. The average Bonchev–Trinajstić information content (AvgIpc) is 2.22. The molecule has 1 fully saturated rings. The molecule has 1 aliphatic carbocycles. The Kier molecular flexibility index (Phi) is 3.92.